The van der Waals surface area contributed by atoms with E-state index in [1.165, 1.54) is 19.3 Å². The summed E-state index contributed by atoms with van der Waals surface area (Å²) in [5.41, 5.74) is 1.67. The maximum Gasteiger partial charge on any atom is 0.335 e. The van der Waals surface area contributed by atoms with Gasteiger partial charge in [0.1, 0.15) is 12.3 Å². The van der Waals surface area contributed by atoms with Crippen LogP contribution < -0.4 is 20.1 Å². The van der Waals surface area contributed by atoms with E-state index in [-0.39, 0.29) is 17.9 Å². The molecule has 0 spiro atoms. The van der Waals surface area contributed by atoms with Crippen LogP contribution in [0.1, 0.15) is 21.5 Å². The van der Waals surface area contributed by atoms with E-state index in [4.69, 9.17) is 14.6 Å². The fourth-order valence-corrected chi connectivity index (χ4v) is 3.34. The number of rotatable bonds is 6. The van der Waals surface area contributed by atoms with Gasteiger partial charge < -0.3 is 19.9 Å². The number of hydrogen-bond acceptors (Lipinski definition) is 5. The third kappa shape index (κ3) is 4.42. The molecular formula is C19H15IN2O6. The molecule has 0 unspecified atom stereocenters. The summed E-state index contributed by atoms with van der Waals surface area (Å²) in [6.07, 6.45) is 1.53. The van der Waals surface area contributed by atoms with E-state index in [0.717, 1.165) is 3.57 Å². The molecule has 3 N–H and O–H groups in total. The number of aromatic carboxylic acids is 1. The van der Waals surface area contributed by atoms with Gasteiger partial charge in [-0.15, -0.1) is 0 Å². The molecule has 9 heteroatoms. The number of hydrogen-bond donors (Lipinski definition) is 3. The minimum absolute atomic E-state index is 0.141. The van der Waals surface area contributed by atoms with Gasteiger partial charge in [0, 0.05) is 0 Å². The molecule has 1 saturated heterocycles. The van der Waals surface area contributed by atoms with Crippen molar-refractivity contribution < 1.29 is 29.0 Å². The number of carbonyl (C=O) groups is 3. The van der Waals surface area contributed by atoms with Gasteiger partial charge in [0.15, 0.2) is 11.5 Å². The first-order valence-corrected chi connectivity index (χ1v) is 9.12. The van der Waals surface area contributed by atoms with Gasteiger partial charge in [-0.1, -0.05) is 12.1 Å². The first-order chi connectivity index (χ1) is 13.4. The molecule has 3 amide bonds. The van der Waals surface area contributed by atoms with E-state index in [0.29, 0.717) is 22.6 Å². The van der Waals surface area contributed by atoms with Crippen LogP contribution >= 0.6 is 22.6 Å². The van der Waals surface area contributed by atoms with Crippen molar-refractivity contribution in [1.82, 2.24) is 10.6 Å². The maximum atomic E-state index is 11.7. The predicted octanol–water partition coefficient (Wildman–Crippen LogP) is 2.76. The summed E-state index contributed by atoms with van der Waals surface area (Å²) in [6, 6.07) is 9.36. The molecule has 2 aromatic rings. The first-order valence-electron chi connectivity index (χ1n) is 8.04. The summed E-state index contributed by atoms with van der Waals surface area (Å²) in [6.45, 7) is 0.159. The molecule has 0 aromatic heterocycles. The van der Waals surface area contributed by atoms with Crippen LogP contribution in [0.2, 0.25) is 0 Å². The Labute approximate surface area is 173 Å². The van der Waals surface area contributed by atoms with Crippen LogP contribution in [-0.2, 0) is 11.4 Å². The highest BCUT2D eigenvalue weighted by molar-refractivity contribution is 14.1. The smallest absolute Gasteiger partial charge is 0.335 e. The average Bonchev–Trinajstić information content (AvgIpc) is 2.97. The zero-order chi connectivity index (χ0) is 20.3. The van der Waals surface area contributed by atoms with Gasteiger partial charge >= 0.3 is 12.0 Å². The van der Waals surface area contributed by atoms with Crippen molar-refractivity contribution >= 4 is 46.6 Å². The molecule has 1 heterocycles. The molecule has 0 bridgehead atoms. The minimum Gasteiger partial charge on any atom is -0.493 e. The van der Waals surface area contributed by atoms with Crippen LogP contribution in [0.15, 0.2) is 42.1 Å². The number of carboxylic acid groups (broad SMARTS) is 1. The van der Waals surface area contributed by atoms with Gasteiger partial charge in [-0.05, 0) is 64.1 Å². The Kier molecular flexibility index (Phi) is 5.83. The highest BCUT2D eigenvalue weighted by Gasteiger charge is 2.23. The van der Waals surface area contributed by atoms with Gasteiger partial charge in [-0.3, -0.25) is 10.1 Å². The number of carboxylic acids is 1. The van der Waals surface area contributed by atoms with Crippen molar-refractivity contribution in [1.29, 1.82) is 0 Å². The van der Waals surface area contributed by atoms with Crippen LogP contribution in [0, 0.1) is 3.57 Å². The van der Waals surface area contributed by atoms with Crippen molar-refractivity contribution in [3.05, 3.63) is 62.4 Å². The Morgan fingerprint density at radius 3 is 2.64 bits per heavy atom. The van der Waals surface area contributed by atoms with Crippen molar-refractivity contribution in [2.24, 2.45) is 0 Å². The fraction of sp³-hybridized carbons (Fsp3) is 0.105. The lowest BCUT2D eigenvalue weighted by atomic mass is 10.1. The third-order valence-corrected chi connectivity index (χ3v) is 4.64. The molecule has 1 aliphatic rings. The standard InChI is InChI=1S/C19H15IN2O6/c1-27-15-8-11(7-14-17(23)22-19(26)21-14)6-13(20)16(15)28-9-10-3-2-4-12(5-10)18(24)25/h2-8H,9H2,1H3,(H,24,25)(H2,21,22,23,26)/b14-7+. The van der Waals surface area contributed by atoms with Crippen LogP contribution in [-0.4, -0.2) is 30.1 Å². The van der Waals surface area contributed by atoms with Crippen LogP contribution in [0.5, 0.6) is 11.5 Å². The van der Waals surface area contributed by atoms with E-state index >= 15 is 0 Å². The minimum atomic E-state index is -1.01. The number of carbonyl (C=O) groups excluding carboxylic acids is 2. The molecule has 0 radical (unpaired) electrons. The molecule has 1 fully saturated rings. The first kappa shape index (κ1) is 19.7. The Morgan fingerprint density at radius 2 is 2.00 bits per heavy atom. The Hall–Kier alpha value is -3.08. The lowest BCUT2D eigenvalue weighted by Crippen LogP contribution is -2.22. The second-order valence-corrected chi connectivity index (χ2v) is 6.96. The third-order valence-electron chi connectivity index (χ3n) is 3.84. The highest BCUT2D eigenvalue weighted by Crippen LogP contribution is 2.35. The van der Waals surface area contributed by atoms with Crippen LogP contribution in [0.3, 0.4) is 0 Å². The molecule has 2 aromatic carbocycles. The van der Waals surface area contributed by atoms with Crippen LogP contribution in [0.25, 0.3) is 6.08 Å². The summed E-state index contributed by atoms with van der Waals surface area (Å²) < 4.78 is 12.0. The number of ether oxygens (including phenoxy) is 2. The van der Waals surface area contributed by atoms with Crippen molar-refractivity contribution in [2.75, 3.05) is 7.11 Å². The Balaban J connectivity index is 1.83. The van der Waals surface area contributed by atoms with Crippen LogP contribution in [0.4, 0.5) is 4.79 Å². The molecule has 1 aliphatic heterocycles. The number of imide groups is 1. The van der Waals surface area contributed by atoms with E-state index in [1.807, 2.05) is 0 Å². The molecule has 0 aliphatic carbocycles. The molecule has 8 nitrogen and oxygen atoms in total. The predicted molar refractivity (Wildman–Crippen MR) is 108 cm³/mol. The number of amides is 3. The zero-order valence-electron chi connectivity index (χ0n) is 14.6. The van der Waals surface area contributed by atoms with Gasteiger partial charge in [-0.2, -0.15) is 0 Å². The topological polar surface area (TPSA) is 114 Å². The number of urea groups is 1. The average molecular weight is 494 g/mol. The molecular weight excluding hydrogens is 479 g/mol. The number of methoxy groups -OCH3 is 1. The van der Waals surface area contributed by atoms with Gasteiger partial charge in [0.05, 0.1) is 16.2 Å². The monoisotopic (exact) mass is 494 g/mol. The number of halogens is 1. The van der Waals surface area contributed by atoms with E-state index in [9.17, 15) is 14.4 Å². The van der Waals surface area contributed by atoms with E-state index < -0.39 is 17.9 Å². The summed E-state index contributed by atoms with van der Waals surface area (Å²) >= 11 is 2.07. The summed E-state index contributed by atoms with van der Waals surface area (Å²) in [5, 5.41) is 13.6. The van der Waals surface area contributed by atoms with Crippen molar-refractivity contribution in [2.45, 2.75) is 6.61 Å². The Bertz CT molecular complexity index is 1000. The number of benzene rings is 2. The van der Waals surface area contributed by atoms with Gasteiger partial charge in [-0.25, -0.2) is 9.59 Å². The van der Waals surface area contributed by atoms with Gasteiger partial charge in [0.2, 0.25) is 0 Å². The molecule has 28 heavy (non-hydrogen) atoms. The van der Waals surface area contributed by atoms with Crippen molar-refractivity contribution in [3.63, 3.8) is 0 Å². The molecule has 3 rings (SSSR count). The second-order valence-electron chi connectivity index (χ2n) is 5.79. The van der Waals surface area contributed by atoms with E-state index in [1.54, 1.807) is 30.3 Å². The molecule has 144 valence electrons. The lowest BCUT2D eigenvalue weighted by Gasteiger charge is -2.14. The van der Waals surface area contributed by atoms with Gasteiger partial charge in [0.25, 0.3) is 5.91 Å². The van der Waals surface area contributed by atoms with Crippen molar-refractivity contribution in [3.8, 4) is 11.5 Å². The highest BCUT2D eigenvalue weighted by atomic mass is 127. The fourth-order valence-electron chi connectivity index (χ4n) is 2.56. The SMILES string of the molecule is COc1cc(/C=C2/NC(=O)NC2=O)cc(I)c1OCc1cccc(C(=O)O)c1. The quantitative estimate of drug-likeness (QED) is 0.324. The largest absolute Gasteiger partial charge is 0.493 e. The zero-order valence-corrected chi connectivity index (χ0v) is 16.8. The summed E-state index contributed by atoms with van der Waals surface area (Å²) in [5.74, 6) is -0.573. The maximum absolute atomic E-state index is 11.7. The Morgan fingerprint density at radius 1 is 1.21 bits per heavy atom. The van der Waals surface area contributed by atoms with E-state index in [2.05, 4.69) is 33.2 Å². The molecule has 0 atom stereocenters. The summed E-state index contributed by atoms with van der Waals surface area (Å²) in [7, 11) is 1.49. The molecule has 0 saturated carbocycles. The summed E-state index contributed by atoms with van der Waals surface area (Å²) in [4.78, 5) is 34.0. The normalized spacial score (nSPS) is 14.6. The number of nitrogens with one attached hydrogen (secondary N) is 2. The lowest BCUT2D eigenvalue weighted by molar-refractivity contribution is -0.115. The second kappa shape index (κ2) is 8.30.